The molecule has 6 nitrogen and oxygen atoms in total. The summed E-state index contributed by atoms with van der Waals surface area (Å²) in [4.78, 5) is 34.3. The van der Waals surface area contributed by atoms with Gasteiger partial charge in [-0.25, -0.2) is 9.78 Å². The van der Waals surface area contributed by atoms with Crippen LogP contribution < -0.4 is 10.9 Å². The van der Waals surface area contributed by atoms with E-state index in [2.05, 4.69) is 41.2 Å². The minimum atomic E-state index is -0.473. The molecule has 1 aromatic heterocycles. The summed E-state index contributed by atoms with van der Waals surface area (Å²) < 4.78 is 2.48. The summed E-state index contributed by atoms with van der Waals surface area (Å²) in [6.07, 6.45) is 0.815. The highest BCUT2D eigenvalue weighted by atomic mass is 79.9. The van der Waals surface area contributed by atoms with E-state index < -0.39 is 6.04 Å². The van der Waals surface area contributed by atoms with Crippen molar-refractivity contribution >= 4 is 38.6 Å². The molecular weight excluding hydrogens is 528 g/mol. The molecule has 0 radical (unpaired) electrons. The van der Waals surface area contributed by atoms with Gasteiger partial charge in [0.1, 0.15) is 5.82 Å². The summed E-state index contributed by atoms with van der Waals surface area (Å²) in [7, 11) is 0. The smallest absolute Gasteiger partial charge is 0.315 e. The van der Waals surface area contributed by atoms with Gasteiger partial charge in [-0.1, -0.05) is 55.8 Å². The van der Waals surface area contributed by atoms with Gasteiger partial charge < -0.3 is 10.2 Å². The predicted molar refractivity (Wildman–Crippen MR) is 155 cm³/mol. The zero-order valence-corrected chi connectivity index (χ0v) is 23.5. The van der Waals surface area contributed by atoms with Crippen molar-refractivity contribution in [1.29, 1.82) is 0 Å². The van der Waals surface area contributed by atoms with Crippen molar-refractivity contribution in [1.82, 2.24) is 14.5 Å². The number of halogens is 1. The second-order valence-corrected chi connectivity index (χ2v) is 10.7. The molecule has 192 valence electrons. The van der Waals surface area contributed by atoms with Gasteiger partial charge in [-0.3, -0.25) is 9.36 Å². The first kappa shape index (κ1) is 26.6. The van der Waals surface area contributed by atoms with Gasteiger partial charge in [0.05, 0.1) is 28.3 Å². The fraction of sp³-hybridized carbons (Fsp3) is 0.300. The number of anilines is 1. The number of benzene rings is 3. The summed E-state index contributed by atoms with van der Waals surface area (Å²) in [6.45, 7) is 10.8. The average Bonchev–Trinajstić information content (AvgIpc) is 2.86. The fourth-order valence-electron chi connectivity index (χ4n) is 4.48. The van der Waals surface area contributed by atoms with Crippen molar-refractivity contribution in [2.75, 3.05) is 11.9 Å². The number of aromatic nitrogens is 2. The number of amides is 2. The third-order valence-corrected chi connectivity index (χ3v) is 7.25. The third kappa shape index (κ3) is 5.77. The topological polar surface area (TPSA) is 67.2 Å². The molecule has 7 heteroatoms. The average molecular weight is 562 g/mol. The van der Waals surface area contributed by atoms with Crippen molar-refractivity contribution in [3.63, 3.8) is 0 Å². The Bertz CT molecular complexity index is 1490. The Morgan fingerprint density at radius 3 is 2.43 bits per heavy atom. The van der Waals surface area contributed by atoms with E-state index in [1.807, 2.05) is 75.4 Å². The first-order chi connectivity index (χ1) is 17.7. The lowest BCUT2D eigenvalue weighted by molar-refractivity contribution is 0.185. The maximum absolute atomic E-state index is 13.9. The lowest BCUT2D eigenvalue weighted by atomic mass is 10.1. The van der Waals surface area contributed by atoms with Gasteiger partial charge >= 0.3 is 6.03 Å². The van der Waals surface area contributed by atoms with Crippen LogP contribution >= 0.6 is 15.9 Å². The van der Waals surface area contributed by atoms with Crippen molar-refractivity contribution in [2.45, 2.75) is 47.1 Å². The maximum Gasteiger partial charge on any atom is 0.322 e. The normalized spacial score (nSPS) is 12.1. The molecule has 0 saturated heterocycles. The van der Waals surface area contributed by atoms with E-state index in [9.17, 15) is 9.59 Å². The van der Waals surface area contributed by atoms with Crippen molar-refractivity contribution in [2.24, 2.45) is 5.92 Å². The van der Waals surface area contributed by atoms with Crippen LogP contribution in [0.15, 0.2) is 76.0 Å². The molecule has 2 amide bonds. The lowest BCUT2D eigenvalue weighted by Crippen LogP contribution is -2.41. The minimum Gasteiger partial charge on any atom is -0.315 e. The Labute approximate surface area is 226 Å². The molecule has 0 aliphatic rings. The Kier molecular flexibility index (Phi) is 8.13. The van der Waals surface area contributed by atoms with Crippen LogP contribution in [0.3, 0.4) is 0 Å². The van der Waals surface area contributed by atoms with Gasteiger partial charge in [0.2, 0.25) is 0 Å². The predicted octanol–water partition coefficient (Wildman–Crippen LogP) is 7.41. The number of carbonyl (C=O) groups is 1. The molecule has 0 aliphatic heterocycles. The number of nitrogens with one attached hydrogen (secondary N) is 1. The number of hydrogen-bond donors (Lipinski definition) is 1. The third-order valence-electron chi connectivity index (χ3n) is 6.56. The number of fused-ring (bicyclic) bond motifs is 1. The lowest BCUT2D eigenvalue weighted by Gasteiger charge is -2.31. The van der Waals surface area contributed by atoms with E-state index in [-0.39, 0.29) is 11.6 Å². The Morgan fingerprint density at radius 2 is 1.73 bits per heavy atom. The van der Waals surface area contributed by atoms with E-state index in [4.69, 9.17) is 4.98 Å². The molecule has 0 spiro atoms. The van der Waals surface area contributed by atoms with Crippen LogP contribution in [-0.4, -0.2) is 27.0 Å². The molecule has 0 fully saturated rings. The summed E-state index contributed by atoms with van der Waals surface area (Å²) in [5, 5.41) is 3.59. The van der Waals surface area contributed by atoms with Gasteiger partial charge in [-0.15, -0.1) is 0 Å². The molecule has 4 rings (SSSR count). The number of rotatable bonds is 7. The van der Waals surface area contributed by atoms with Crippen LogP contribution in [0.5, 0.6) is 0 Å². The Balaban J connectivity index is 1.87. The standard InChI is InChI=1S/C30H33BrN4O2/c1-19(2)16-17-34(30(37)33-26-13-9-7-11-24(26)31)22(5)28-32-25-12-8-6-10-23(25)29(36)35(28)27-15-14-20(3)18-21(27)4/h6-15,18-19,22H,16-17H2,1-5H3,(H,33,37). The Morgan fingerprint density at radius 1 is 1.03 bits per heavy atom. The van der Waals surface area contributed by atoms with Crippen LogP contribution in [0.1, 0.15) is 50.2 Å². The fourth-order valence-corrected chi connectivity index (χ4v) is 4.86. The second kappa shape index (κ2) is 11.3. The molecule has 3 aromatic carbocycles. The number of urea groups is 1. The van der Waals surface area contributed by atoms with E-state index in [1.165, 1.54) is 0 Å². The highest BCUT2D eigenvalue weighted by molar-refractivity contribution is 9.10. The highest BCUT2D eigenvalue weighted by Crippen LogP contribution is 2.27. The van der Waals surface area contributed by atoms with Gasteiger partial charge in [-0.2, -0.15) is 0 Å². The monoisotopic (exact) mass is 560 g/mol. The zero-order chi connectivity index (χ0) is 26.7. The number of hydrogen-bond acceptors (Lipinski definition) is 3. The van der Waals surface area contributed by atoms with Gasteiger partial charge in [0, 0.05) is 11.0 Å². The van der Waals surface area contributed by atoms with E-state index in [0.717, 1.165) is 27.7 Å². The SMILES string of the molecule is Cc1ccc(-n2c(C(C)N(CCC(C)C)C(=O)Nc3ccccc3Br)nc3ccccc3c2=O)c(C)c1. The number of aryl methyl sites for hydroxylation is 2. The molecule has 1 atom stereocenters. The summed E-state index contributed by atoms with van der Waals surface area (Å²) in [6, 6.07) is 20.2. The number of nitrogens with zero attached hydrogens (tertiary/aromatic N) is 3. The summed E-state index contributed by atoms with van der Waals surface area (Å²) >= 11 is 3.52. The molecule has 0 saturated carbocycles. The van der Waals surface area contributed by atoms with Crippen LogP contribution in [0, 0.1) is 19.8 Å². The van der Waals surface area contributed by atoms with Crippen LogP contribution in [-0.2, 0) is 0 Å². The minimum absolute atomic E-state index is 0.144. The molecule has 1 N–H and O–H groups in total. The molecule has 1 unspecified atom stereocenters. The van der Waals surface area contributed by atoms with Crippen LogP contribution in [0.4, 0.5) is 10.5 Å². The zero-order valence-electron chi connectivity index (χ0n) is 22.0. The largest absolute Gasteiger partial charge is 0.322 e. The number of carbonyl (C=O) groups excluding carboxylic acids is 1. The van der Waals surface area contributed by atoms with Crippen molar-refractivity contribution in [3.05, 3.63) is 98.5 Å². The van der Waals surface area contributed by atoms with E-state index in [0.29, 0.717) is 34.9 Å². The summed E-state index contributed by atoms with van der Waals surface area (Å²) in [5.74, 6) is 0.929. The summed E-state index contributed by atoms with van der Waals surface area (Å²) in [5.41, 5.74) is 4.01. The van der Waals surface area contributed by atoms with E-state index >= 15 is 0 Å². The molecule has 0 aliphatic carbocycles. The quantitative estimate of drug-likeness (QED) is 0.256. The maximum atomic E-state index is 13.9. The molecular formula is C30H33BrN4O2. The van der Waals surface area contributed by atoms with Gasteiger partial charge in [0.25, 0.3) is 5.56 Å². The highest BCUT2D eigenvalue weighted by Gasteiger charge is 2.28. The first-order valence-electron chi connectivity index (χ1n) is 12.6. The Hall–Kier alpha value is -3.45. The van der Waals surface area contributed by atoms with Crippen LogP contribution in [0.2, 0.25) is 0 Å². The molecule has 4 aromatic rings. The first-order valence-corrected chi connectivity index (χ1v) is 13.4. The molecule has 0 bridgehead atoms. The molecule has 1 heterocycles. The second-order valence-electron chi connectivity index (χ2n) is 9.88. The van der Waals surface area contributed by atoms with Crippen LogP contribution in [0.25, 0.3) is 16.6 Å². The molecule has 37 heavy (non-hydrogen) atoms. The van der Waals surface area contributed by atoms with Crippen molar-refractivity contribution < 1.29 is 4.79 Å². The van der Waals surface area contributed by atoms with Gasteiger partial charge in [-0.05, 0) is 84.9 Å². The van der Waals surface area contributed by atoms with E-state index in [1.54, 1.807) is 15.5 Å². The van der Waals surface area contributed by atoms with Crippen molar-refractivity contribution in [3.8, 4) is 5.69 Å². The van der Waals surface area contributed by atoms with Gasteiger partial charge in [0.15, 0.2) is 0 Å². The number of para-hydroxylation sites is 2.